The number of amides is 1. The van der Waals surface area contributed by atoms with E-state index in [2.05, 4.69) is 5.18 Å². The molecule has 6 nitrogen and oxygen atoms in total. The van der Waals surface area contributed by atoms with Gasteiger partial charge in [-0.15, -0.1) is 0 Å². The molecule has 1 saturated heterocycles. The number of hydrogen-bond acceptors (Lipinski definition) is 5. The summed E-state index contributed by atoms with van der Waals surface area (Å²) in [4.78, 5) is 37.0. The Morgan fingerprint density at radius 1 is 1.19 bits per heavy atom. The predicted molar refractivity (Wildman–Crippen MR) is 103 cm³/mol. The Hall–Kier alpha value is -1.30. The van der Waals surface area contributed by atoms with Gasteiger partial charge in [0, 0.05) is 32.4 Å². The van der Waals surface area contributed by atoms with Crippen molar-refractivity contribution in [1.29, 1.82) is 0 Å². The van der Waals surface area contributed by atoms with Crippen LogP contribution in [0.4, 0.5) is 0 Å². The van der Waals surface area contributed by atoms with Crippen LogP contribution in [-0.4, -0.2) is 47.4 Å². The molecule has 26 heavy (non-hydrogen) atoms. The maximum Gasteiger partial charge on any atom is 0.222 e. The second kappa shape index (κ2) is 11.4. The van der Waals surface area contributed by atoms with E-state index in [1.165, 1.54) is 0 Å². The predicted octanol–water partition coefficient (Wildman–Crippen LogP) is 3.70. The number of Topliss-reactive ketones (excluding diaryl/α,β-unsaturated/α-hetero) is 1. The highest BCUT2D eigenvalue weighted by atomic mass is 16.3. The van der Waals surface area contributed by atoms with Crippen molar-refractivity contribution in [2.75, 3.05) is 20.1 Å². The molecule has 0 aliphatic carbocycles. The normalized spacial score (nSPS) is 30.1. The number of ketones is 1. The number of rotatable bonds is 5. The van der Waals surface area contributed by atoms with Crippen LogP contribution in [0.1, 0.15) is 78.1 Å². The number of nitroso groups, excluding NO2 is 1. The van der Waals surface area contributed by atoms with E-state index in [9.17, 15) is 19.6 Å². The number of hydrogen-bond donors (Lipinski definition) is 1. The average Bonchev–Trinajstić information content (AvgIpc) is 2.57. The fraction of sp³-hybridized carbons (Fsp3) is 0.900. The van der Waals surface area contributed by atoms with Gasteiger partial charge in [-0.25, -0.2) is 0 Å². The third-order valence-corrected chi connectivity index (χ3v) is 5.60. The van der Waals surface area contributed by atoms with Crippen LogP contribution in [0, 0.1) is 16.7 Å². The minimum atomic E-state index is -0.730. The van der Waals surface area contributed by atoms with Gasteiger partial charge in [0.25, 0.3) is 0 Å². The monoisotopic (exact) mass is 368 g/mol. The van der Waals surface area contributed by atoms with Crippen molar-refractivity contribution < 1.29 is 14.7 Å². The van der Waals surface area contributed by atoms with Crippen molar-refractivity contribution in [1.82, 2.24) is 4.90 Å². The molecular weight excluding hydrogens is 332 g/mol. The molecule has 0 unspecified atom stereocenters. The quantitative estimate of drug-likeness (QED) is 0.592. The molecule has 6 heteroatoms. The lowest BCUT2D eigenvalue weighted by atomic mass is 9.85. The third-order valence-electron chi connectivity index (χ3n) is 5.60. The highest BCUT2D eigenvalue weighted by molar-refractivity contribution is 5.82. The van der Waals surface area contributed by atoms with Gasteiger partial charge in [-0.1, -0.05) is 18.5 Å². The first-order chi connectivity index (χ1) is 12.2. The molecule has 150 valence electrons. The Kier molecular flexibility index (Phi) is 9.99. The Morgan fingerprint density at radius 3 is 2.58 bits per heavy atom. The number of aliphatic hydroxyl groups is 1. The Bertz CT molecular complexity index is 433. The van der Waals surface area contributed by atoms with Gasteiger partial charge in [0.05, 0.1) is 12.1 Å². The average molecular weight is 369 g/mol. The van der Waals surface area contributed by atoms with Gasteiger partial charge in [0.1, 0.15) is 5.78 Å². The molecule has 0 aromatic rings. The summed E-state index contributed by atoms with van der Waals surface area (Å²) >= 11 is 0. The van der Waals surface area contributed by atoms with E-state index in [1.54, 1.807) is 11.9 Å². The molecule has 1 amide bonds. The number of unbranched alkanes of at least 4 members (excludes halogenated alkanes) is 1. The number of carbonyl (C=O) groups is 2. The minimum Gasteiger partial charge on any atom is -0.390 e. The van der Waals surface area contributed by atoms with Crippen LogP contribution >= 0.6 is 0 Å². The molecule has 1 N–H and O–H groups in total. The summed E-state index contributed by atoms with van der Waals surface area (Å²) in [5, 5.41) is 13.3. The molecule has 3 atom stereocenters. The Morgan fingerprint density at radius 2 is 1.88 bits per heavy atom. The molecule has 1 aliphatic heterocycles. The second-order valence-electron chi connectivity index (χ2n) is 8.30. The standard InChI is InChI=1S/C20H36N2O4/c1-16-8-6-10-20(2,25)11-7-13-22(3)19(24)15-17(14-18(16)23)9-4-5-12-21-26/h16-17,25H,4-15H2,1-3H3/t16-,17-,20+/m1/s1. The van der Waals surface area contributed by atoms with Gasteiger partial charge in [-0.2, -0.15) is 4.91 Å². The zero-order valence-corrected chi connectivity index (χ0v) is 16.7. The summed E-state index contributed by atoms with van der Waals surface area (Å²) in [5.74, 6) is 0.259. The second-order valence-corrected chi connectivity index (χ2v) is 8.30. The van der Waals surface area contributed by atoms with Crippen LogP contribution in [0.2, 0.25) is 0 Å². The maximum absolute atomic E-state index is 12.6. The van der Waals surface area contributed by atoms with Crippen LogP contribution in [0.15, 0.2) is 5.18 Å². The molecule has 0 bridgehead atoms. The molecular formula is C20H36N2O4. The van der Waals surface area contributed by atoms with Gasteiger partial charge in [-0.3, -0.25) is 9.59 Å². The Balaban J connectivity index is 2.75. The molecule has 0 saturated carbocycles. The molecule has 1 fully saturated rings. The lowest BCUT2D eigenvalue weighted by Gasteiger charge is -2.27. The van der Waals surface area contributed by atoms with Crippen LogP contribution in [0.3, 0.4) is 0 Å². The van der Waals surface area contributed by atoms with E-state index in [-0.39, 0.29) is 23.5 Å². The van der Waals surface area contributed by atoms with Gasteiger partial charge in [-0.05, 0) is 57.8 Å². The van der Waals surface area contributed by atoms with Crippen LogP contribution in [0.5, 0.6) is 0 Å². The summed E-state index contributed by atoms with van der Waals surface area (Å²) in [7, 11) is 1.79. The van der Waals surface area contributed by atoms with Crippen molar-refractivity contribution in [3.05, 3.63) is 4.91 Å². The first-order valence-corrected chi connectivity index (χ1v) is 10.0. The highest BCUT2D eigenvalue weighted by Gasteiger charge is 2.25. The highest BCUT2D eigenvalue weighted by Crippen LogP contribution is 2.26. The van der Waals surface area contributed by atoms with Gasteiger partial charge >= 0.3 is 0 Å². The lowest BCUT2D eigenvalue weighted by molar-refractivity contribution is -0.132. The number of nitrogens with zero attached hydrogens (tertiary/aromatic N) is 2. The minimum absolute atomic E-state index is 0.0394. The molecule has 1 heterocycles. The molecule has 0 aromatic heterocycles. The zero-order valence-electron chi connectivity index (χ0n) is 16.7. The summed E-state index contributed by atoms with van der Waals surface area (Å²) in [5.41, 5.74) is -0.730. The third kappa shape index (κ3) is 8.88. The topological polar surface area (TPSA) is 87.0 Å². The fourth-order valence-electron chi connectivity index (χ4n) is 3.67. The van der Waals surface area contributed by atoms with Crippen molar-refractivity contribution in [3.8, 4) is 0 Å². The van der Waals surface area contributed by atoms with Crippen molar-refractivity contribution in [2.45, 2.75) is 83.7 Å². The maximum atomic E-state index is 12.6. The molecule has 0 aromatic carbocycles. The first-order valence-electron chi connectivity index (χ1n) is 10.0. The molecule has 0 spiro atoms. The number of carbonyl (C=O) groups excluding carboxylic acids is 2. The fourth-order valence-corrected chi connectivity index (χ4v) is 3.67. The smallest absolute Gasteiger partial charge is 0.222 e. The summed E-state index contributed by atoms with van der Waals surface area (Å²) in [6, 6.07) is 0. The zero-order chi connectivity index (χ0) is 19.6. The van der Waals surface area contributed by atoms with E-state index in [4.69, 9.17) is 0 Å². The van der Waals surface area contributed by atoms with Crippen molar-refractivity contribution in [2.24, 2.45) is 17.0 Å². The largest absolute Gasteiger partial charge is 0.390 e. The van der Waals surface area contributed by atoms with Gasteiger partial charge in [0.15, 0.2) is 0 Å². The van der Waals surface area contributed by atoms with Crippen LogP contribution < -0.4 is 0 Å². The summed E-state index contributed by atoms with van der Waals surface area (Å²) in [6.07, 6.45) is 6.85. The van der Waals surface area contributed by atoms with E-state index in [0.717, 1.165) is 32.1 Å². The summed E-state index contributed by atoms with van der Waals surface area (Å²) in [6.45, 7) is 4.72. The van der Waals surface area contributed by atoms with Crippen molar-refractivity contribution in [3.63, 3.8) is 0 Å². The lowest BCUT2D eigenvalue weighted by Crippen LogP contribution is -2.33. The van der Waals surface area contributed by atoms with E-state index >= 15 is 0 Å². The van der Waals surface area contributed by atoms with Crippen molar-refractivity contribution >= 4 is 11.7 Å². The summed E-state index contributed by atoms with van der Waals surface area (Å²) < 4.78 is 0. The SMILES string of the molecule is C[C@@H]1CCC[C@](C)(O)CCCN(C)C(=O)C[C@H](CCCCN=O)CC1=O. The van der Waals surface area contributed by atoms with Gasteiger partial charge in [0.2, 0.25) is 5.91 Å². The van der Waals surface area contributed by atoms with Gasteiger partial charge < -0.3 is 10.0 Å². The van der Waals surface area contributed by atoms with E-state index in [1.807, 2.05) is 13.8 Å². The first kappa shape index (κ1) is 22.7. The Labute approximate surface area is 157 Å². The molecule has 1 rings (SSSR count). The molecule has 1 aliphatic rings. The van der Waals surface area contributed by atoms with E-state index in [0.29, 0.717) is 45.2 Å². The van der Waals surface area contributed by atoms with Crippen LogP contribution in [0.25, 0.3) is 0 Å². The molecule has 0 radical (unpaired) electrons. The van der Waals surface area contributed by atoms with E-state index < -0.39 is 5.60 Å². The van der Waals surface area contributed by atoms with Crippen LogP contribution in [-0.2, 0) is 9.59 Å².